The van der Waals surface area contributed by atoms with Crippen LogP contribution in [0.25, 0.3) is 0 Å². The monoisotopic (exact) mass is 470 g/mol. The van der Waals surface area contributed by atoms with E-state index in [1.54, 1.807) is 4.90 Å². The Bertz CT molecular complexity index is 552. The smallest absolute Gasteiger partial charge is 0.719 e. The topological polar surface area (TPSA) is 63.4 Å². The molecule has 7 heteroatoms. The van der Waals surface area contributed by atoms with E-state index < -0.39 is 5.24 Å². The van der Waals surface area contributed by atoms with Crippen LogP contribution in [0.5, 0.6) is 0 Å². The molecule has 116 valence electrons. The Morgan fingerprint density at radius 1 is 0.826 bits per heavy atom. The molecular formula is C16H16BaN2O2S2. The van der Waals surface area contributed by atoms with E-state index in [0.29, 0.717) is 13.1 Å². The molecule has 0 aliphatic rings. The Balaban J connectivity index is 0.000000871. The average molecular weight is 470 g/mol. The van der Waals surface area contributed by atoms with Crippen LogP contribution in [-0.4, -0.2) is 64.3 Å². The third-order valence-electron chi connectivity index (χ3n) is 2.69. The van der Waals surface area contributed by atoms with Gasteiger partial charge in [0.2, 0.25) is 0 Å². The SMILES string of the molecule is NC(=O)[S-].O=C([S-])N(Cc1ccccc1)Cc1ccccc1.[Ba+2]. The summed E-state index contributed by atoms with van der Waals surface area (Å²) in [6.45, 7) is 1.11. The van der Waals surface area contributed by atoms with E-state index in [-0.39, 0.29) is 54.1 Å². The molecule has 0 unspecified atom stereocenters. The second-order valence-electron chi connectivity index (χ2n) is 4.41. The predicted octanol–water partition coefficient (Wildman–Crippen LogP) is 2.59. The van der Waals surface area contributed by atoms with Crippen LogP contribution < -0.4 is 5.73 Å². The average Bonchev–Trinajstić information content (AvgIpc) is 2.48. The van der Waals surface area contributed by atoms with Crippen LogP contribution in [0.3, 0.4) is 0 Å². The number of hydrogen-bond donors (Lipinski definition) is 1. The Morgan fingerprint density at radius 2 is 1.13 bits per heavy atom. The molecule has 2 aromatic rings. The fourth-order valence-electron chi connectivity index (χ4n) is 1.79. The molecule has 0 saturated heterocycles. The van der Waals surface area contributed by atoms with E-state index in [1.165, 1.54) is 0 Å². The number of amides is 2. The van der Waals surface area contributed by atoms with Crippen molar-refractivity contribution in [2.75, 3.05) is 0 Å². The fraction of sp³-hybridized carbons (Fsp3) is 0.125. The first-order valence-electron chi connectivity index (χ1n) is 6.49. The quantitative estimate of drug-likeness (QED) is 0.552. The number of hydrogen-bond acceptors (Lipinski definition) is 4. The van der Waals surface area contributed by atoms with Gasteiger partial charge in [0.05, 0.1) is 5.24 Å². The number of carbonyl (C=O) groups excluding carboxylic acids is 2. The van der Waals surface area contributed by atoms with Gasteiger partial charge in [0, 0.05) is 13.1 Å². The van der Waals surface area contributed by atoms with Gasteiger partial charge in [-0.2, -0.15) is 0 Å². The maximum absolute atomic E-state index is 11.5. The minimum absolute atomic E-state index is 0. The van der Waals surface area contributed by atoms with Crippen LogP contribution in [-0.2, 0) is 38.3 Å². The van der Waals surface area contributed by atoms with Gasteiger partial charge >= 0.3 is 48.9 Å². The largest absolute Gasteiger partial charge is 2.00 e. The first-order valence-corrected chi connectivity index (χ1v) is 7.31. The third-order valence-corrected chi connectivity index (χ3v) is 2.95. The molecule has 23 heavy (non-hydrogen) atoms. The zero-order valence-electron chi connectivity index (χ0n) is 12.6. The summed E-state index contributed by atoms with van der Waals surface area (Å²) in [7, 11) is 0. The van der Waals surface area contributed by atoms with Gasteiger partial charge in [0.1, 0.15) is 5.24 Å². The molecule has 2 N–H and O–H groups in total. The van der Waals surface area contributed by atoms with Crippen molar-refractivity contribution in [1.29, 1.82) is 0 Å². The van der Waals surface area contributed by atoms with Crippen LogP contribution in [0.15, 0.2) is 60.7 Å². The van der Waals surface area contributed by atoms with Crippen LogP contribution >= 0.6 is 0 Å². The molecule has 0 aliphatic carbocycles. The Labute approximate surface area is 187 Å². The summed E-state index contributed by atoms with van der Waals surface area (Å²) in [6, 6.07) is 19.8. The van der Waals surface area contributed by atoms with Crippen LogP contribution in [0.1, 0.15) is 11.1 Å². The molecule has 2 amide bonds. The van der Waals surface area contributed by atoms with Crippen molar-refractivity contribution >= 4 is 84.6 Å². The molecular weight excluding hydrogens is 454 g/mol. The molecule has 0 heterocycles. The zero-order valence-corrected chi connectivity index (χ0v) is 18.6. The zero-order chi connectivity index (χ0) is 16.4. The fourth-order valence-corrected chi connectivity index (χ4v) is 1.92. The van der Waals surface area contributed by atoms with E-state index in [9.17, 15) is 4.79 Å². The Kier molecular flexibility index (Phi) is 12.4. The van der Waals surface area contributed by atoms with Gasteiger partial charge in [-0.05, 0) is 11.1 Å². The summed E-state index contributed by atoms with van der Waals surface area (Å²) in [5.74, 6) is 0. The number of nitrogens with zero attached hydrogens (tertiary/aromatic N) is 1. The van der Waals surface area contributed by atoms with E-state index in [1.807, 2.05) is 60.7 Å². The Hall–Kier alpha value is -0.609. The summed E-state index contributed by atoms with van der Waals surface area (Å²) >= 11 is 8.54. The molecule has 0 aliphatic heterocycles. The predicted molar refractivity (Wildman–Crippen MR) is 97.6 cm³/mol. The number of nitrogens with two attached hydrogens (primary N) is 1. The maximum atomic E-state index is 11.5. The van der Waals surface area contributed by atoms with Crippen LogP contribution in [0, 0.1) is 0 Å². The third kappa shape index (κ3) is 10.7. The number of carbonyl (C=O) groups is 2. The van der Waals surface area contributed by atoms with E-state index in [4.69, 9.17) is 17.4 Å². The number of benzene rings is 2. The molecule has 0 fully saturated rings. The molecule has 2 aromatic carbocycles. The van der Waals surface area contributed by atoms with Crippen molar-refractivity contribution in [3.63, 3.8) is 0 Å². The van der Waals surface area contributed by atoms with Gasteiger partial charge in [-0.25, -0.2) is 0 Å². The van der Waals surface area contributed by atoms with Crippen molar-refractivity contribution < 1.29 is 9.59 Å². The van der Waals surface area contributed by atoms with Crippen molar-refractivity contribution in [2.24, 2.45) is 5.73 Å². The summed E-state index contributed by atoms with van der Waals surface area (Å²) in [5.41, 5.74) is 6.47. The molecule has 0 radical (unpaired) electrons. The molecule has 2 rings (SSSR count). The van der Waals surface area contributed by atoms with Crippen LogP contribution in [0.2, 0.25) is 0 Å². The van der Waals surface area contributed by atoms with Gasteiger partial charge in [-0.3, -0.25) is 0 Å². The summed E-state index contributed by atoms with van der Waals surface area (Å²) in [6.07, 6.45) is 0. The Morgan fingerprint density at radius 3 is 1.39 bits per heavy atom. The van der Waals surface area contributed by atoms with Gasteiger partial charge in [-0.15, -0.1) is 0 Å². The molecule has 0 bridgehead atoms. The van der Waals surface area contributed by atoms with Gasteiger partial charge in [0.15, 0.2) is 0 Å². The normalized spacial score (nSPS) is 8.87. The van der Waals surface area contributed by atoms with Crippen molar-refractivity contribution in [2.45, 2.75) is 13.1 Å². The number of primary amides is 1. The van der Waals surface area contributed by atoms with Gasteiger partial charge < -0.3 is 45.5 Å². The summed E-state index contributed by atoms with van der Waals surface area (Å²) in [5, 5.41) is -1.07. The van der Waals surface area contributed by atoms with Gasteiger partial charge in [-0.1, -0.05) is 60.7 Å². The summed E-state index contributed by atoms with van der Waals surface area (Å²) in [4.78, 5) is 22.2. The first kappa shape index (κ1) is 22.4. The molecule has 0 atom stereocenters. The minimum Gasteiger partial charge on any atom is -0.719 e. The molecule has 0 saturated carbocycles. The second kappa shape index (κ2) is 12.8. The van der Waals surface area contributed by atoms with Crippen LogP contribution in [0.4, 0.5) is 9.59 Å². The van der Waals surface area contributed by atoms with Crippen molar-refractivity contribution in [1.82, 2.24) is 4.90 Å². The van der Waals surface area contributed by atoms with Gasteiger partial charge in [0.25, 0.3) is 0 Å². The van der Waals surface area contributed by atoms with E-state index in [2.05, 4.69) is 18.4 Å². The number of rotatable bonds is 4. The summed E-state index contributed by atoms with van der Waals surface area (Å²) < 4.78 is 0. The first-order chi connectivity index (χ1) is 10.5. The molecule has 0 aromatic heterocycles. The standard InChI is InChI=1S/C15H15NOS.CH3NOS.Ba/c17-15(18)16(11-13-7-3-1-4-8-13)12-14-9-5-2-6-10-14;2-1(3)4;/h1-10H,11-12H2,(H,17,18);(H3,2,3,4);/q;;+2/p-2. The minimum atomic E-state index is -0.750. The van der Waals surface area contributed by atoms with E-state index >= 15 is 0 Å². The molecule has 4 nitrogen and oxygen atoms in total. The van der Waals surface area contributed by atoms with Crippen molar-refractivity contribution in [3.05, 3.63) is 71.8 Å². The van der Waals surface area contributed by atoms with E-state index in [0.717, 1.165) is 11.1 Å². The molecule has 0 spiro atoms. The maximum Gasteiger partial charge on any atom is 2.00 e. The second-order valence-corrected chi connectivity index (χ2v) is 5.16. The van der Waals surface area contributed by atoms with Crippen molar-refractivity contribution in [3.8, 4) is 0 Å².